The molecule has 2 aliphatic rings. The van der Waals surface area contributed by atoms with Crippen LogP contribution in [0.4, 0.5) is 0 Å². The summed E-state index contributed by atoms with van der Waals surface area (Å²) in [4.78, 5) is 28.6. The third-order valence-electron chi connectivity index (χ3n) is 3.84. The van der Waals surface area contributed by atoms with E-state index < -0.39 is 5.97 Å². The van der Waals surface area contributed by atoms with E-state index in [1.165, 1.54) is 0 Å². The predicted octanol–water partition coefficient (Wildman–Crippen LogP) is 4.37. The first-order valence-corrected chi connectivity index (χ1v) is 10.3. The van der Waals surface area contributed by atoms with Gasteiger partial charge in [-0.2, -0.15) is 0 Å². The van der Waals surface area contributed by atoms with Crippen LogP contribution in [-0.2, 0) is 14.3 Å². The Balaban J connectivity index is 2.01. The third-order valence-corrected chi connectivity index (χ3v) is 5.55. The summed E-state index contributed by atoms with van der Waals surface area (Å²) in [5.74, 6) is -0.142. The number of rotatable bonds is 5. The summed E-state index contributed by atoms with van der Waals surface area (Å²) in [5, 5.41) is 10.8. The molecule has 0 spiro atoms. The van der Waals surface area contributed by atoms with E-state index in [2.05, 4.69) is 20.9 Å². The Bertz CT molecular complexity index is 921. The van der Waals surface area contributed by atoms with Crippen LogP contribution < -0.4 is 9.47 Å². The Labute approximate surface area is 174 Å². The van der Waals surface area contributed by atoms with Gasteiger partial charge >= 0.3 is 5.97 Å². The number of halogens is 1. The van der Waals surface area contributed by atoms with E-state index in [1.807, 2.05) is 6.92 Å². The van der Waals surface area contributed by atoms with Gasteiger partial charge in [0.2, 0.25) is 12.7 Å². The van der Waals surface area contributed by atoms with Crippen LogP contribution in [0.25, 0.3) is 6.08 Å². The second-order valence-electron chi connectivity index (χ2n) is 5.84. The normalized spacial score (nSPS) is 18.2. The van der Waals surface area contributed by atoms with Gasteiger partial charge in [0.1, 0.15) is 16.4 Å². The number of amides is 1. The second-order valence-corrected chi connectivity index (χ2v) is 7.73. The average molecular weight is 468 g/mol. The number of carbonyl (C=O) groups is 2. The van der Waals surface area contributed by atoms with Gasteiger partial charge in [-0.3, -0.25) is 4.79 Å². The molecule has 1 aromatic carbocycles. The molecule has 0 bridgehead atoms. The number of aliphatic imine (C=N–C) groups is 1. The highest BCUT2D eigenvalue weighted by molar-refractivity contribution is 9.10. The van der Waals surface area contributed by atoms with E-state index in [4.69, 9.17) is 14.2 Å². The zero-order chi connectivity index (χ0) is 20.3. The number of hydrogen-bond donors (Lipinski definition) is 1. The first kappa shape index (κ1) is 20.5. The topological polar surface area (TPSA) is 94.4 Å². The van der Waals surface area contributed by atoms with Crippen molar-refractivity contribution in [2.45, 2.75) is 26.7 Å². The molecule has 0 radical (unpaired) electrons. The number of nitrogens with zero attached hydrogens (tertiary/aromatic N) is 1. The average Bonchev–Trinajstić information content (AvgIpc) is 3.20. The summed E-state index contributed by atoms with van der Waals surface area (Å²) in [6.45, 7) is 3.81. The minimum absolute atomic E-state index is 0.0978. The van der Waals surface area contributed by atoms with Gasteiger partial charge in [-0.15, -0.1) is 0 Å². The minimum atomic E-state index is -0.719. The molecular weight excluding hydrogens is 450 g/mol. The Morgan fingerprint density at radius 1 is 1.32 bits per heavy atom. The third kappa shape index (κ3) is 4.25. The van der Waals surface area contributed by atoms with E-state index in [0.29, 0.717) is 28.4 Å². The zero-order valence-electron chi connectivity index (χ0n) is 15.3. The standard InChI is InChI=1S/C19H18BrNO6S/c1-3-5-15(22)21-18-16(19(24)25-4-2)17(23)14(28-18)7-10-6-12-13(8-11(10)20)27-9-26-12/h6-8,23H,3-5,9H2,1-2H3/b14-7-,21-18?. The molecule has 0 fully saturated rings. The molecular formula is C19H18BrNO6S. The number of esters is 1. The lowest BCUT2D eigenvalue weighted by molar-refractivity contribution is -0.138. The smallest absolute Gasteiger partial charge is 0.344 e. The van der Waals surface area contributed by atoms with Gasteiger partial charge in [0, 0.05) is 10.9 Å². The lowest BCUT2D eigenvalue weighted by Crippen LogP contribution is -2.14. The fourth-order valence-electron chi connectivity index (χ4n) is 2.56. The molecule has 0 aliphatic carbocycles. The Morgan fingerprint density at radius 3 is 2.71 bits per heavy atom. The fraction of sp³-hybridized carbons (Fsp3) is 0.316. The lowest BCUT2D eigenvalue weighted by atomic mass is 10.1. The molecule has 2 aliphatic heterocycles. The number of ether oxygens (including phenoxy) is 3. The quantitative estimate of drug-likeness (QED) is 0.642. The maximum Gasteiger partial charge on any atom is 0.344 e. The summed E-state index contributed by atoms with van der Waals surface area (Å²) in [6.07, 6.45) is 2.57. The zero-order valence-corrected chi connectivity index (χ0v) is 17.7. The highest BCUT2D eigenvalue weighted by Crippen LogP contribution is 2.42. The number of thioether (sulfide) groups is 1. The monoisotopic (exact) mass is 467 g/mol. The van der Waals surface area contributed by atoms with Gasteiger partial charge in [-0.25, -0.2) is 9.79 Å². The summed E-state index contributed by atoms with van der Waals surface area (Å²) in [7, 11) is 0. The molecule has 0 saturated heterocycles. The van der Waals surface area contributed by atoms with Crippen molar-refractivity contribution in [1.29, 1.82) is 0 Å². The summed E-state index contributed by atoms with van der Waals surface area (Å²) >= 11 is 4.50. The van der Waals surface area contributed by atoms with Crippen LogP contribution in [0.2, 0.25) is 0 Å². The van der Waals surface area contributed by atoms with Crippen LogP contribution in [0, 0.1) is 0 Å². The highest BCUT2D eigenvalue weighted by Gasteiger charge is 2.34. The molecule has 0 saturated carbocycles. The molecule has 28 heavy (non-hydrogen) atoms. The Hall–Kier alpha value is -2.26. The number of hydrogen-bond acceptors (Lipinski definition) is 7. The minimum Gasteiger partial charge on any atom is -0.506 e. The molecule has 2 heterocycles. The number of benzene rings is 1. The van der Waals surface area contributed by atoms with Crippen LogP contribution in [0.5, 0.6) is 11.5 Å². The van der Waals surface area contributed by atoms with Crippen molar-refractivity contribution in [3.63, 3.8) is 0 Å². The molecule has 3 rings (SSSR count). The molecule has 0 atom stereocenters. The van der Waals surface area contributed by atoms with Gasteiger partial charge < -0.3 is 19.3 Å². The number of aliphatic hydroxyl groups is 1. The van der Waals surface area contributed by atoms with Crippen molar-refractivity contribution in [3.05, 3.63) is 38.4 Å². The van der Waals surface area contributed by atoms with Crippen LogP contribution in [0.3, 0.4) is 0 Å². The second kappa shape index (κ2) is 8.83. The molecule has 0 unspecified atom stereocenters. The van der Waals surface area contributed by atoms with Crippen molar-refractivity contribution in [1.82, 2.24) is 0 Å². The van der Waals surface area contributed by atoms with E-state index in [9.17, 15) is 14.7 Å². The highest BCUT2D eigenvalue weighted by atomic mass is 79.9. The lowest BCUT2D eigenvalue weighted by Gasteiger charge is -2.04. The number of carbonyl (C=O) groups excluding carboxylic acids is 2. The number of fused-ring (bicyclic) bond motifs is 1. The predicted molar refractivity (Wildman–Crippen MR) is 109 cm³/mol. The summed E-state index contributed by atoms with van der Waals surface area (Å²) < 4.78 is 16.5. The van der Waals surface area contributed by atoms with Crippen LogP contribution >= 0.6 is 27.7 Å². The van der Waals surface area contributed by atoms with Crippen molar-refractivity contribution in [3.8, 4) is 11.5 Å². The van der Waals surface area contributed by atoms with Crippen molar-refractivity contribution >= 4 is 50.7 Å². The summed E-state index contributed by atoms with van der Waals surface area (Å²) in [6, 6.07) is 3.52. The van der Waals surface area contributed by atoms with Gasteiger partial charge in [-0.05, 0) is 37.1 Å². The maximum absolute atomic E-state index is 12.3. The van der Waals surface area contributed by atoms with Gasteiger partial charge in [0.25, 0.3) is 0 Å². The molecule has 7 nitrogen and oxygen atoms in total. The molecule has 148 valence electrons. The van der Waals surface area contributed by atoms with E-state index >= 15 is 0 Å². The van der Waals surface area contributed by atoms with Crippen molar-refractivity contribution < 1.29 is 28.9 Å². The van der Waals surface area contributed by atoms with Crippen molar-refractivity contribution in [2.75, 3.05) is 13.4 Å². The van der Waals surface area contributed by atoms with Gasteiger partial charge in [0.05, 0.1) is 11.5 Å². The molecule has 1 aromatic rings. The van der Waals surface area contributed by atoms with E-state index in [1.54, 1.807) is 25.1 Å². The van der Waals surface area contributed by atoms with Crippen molar-refractivity contribution in [2.24, 2.45) is 4.99 Å². The van der Waals surface area contributed by atoms with E-state index in [-0.39, 0.29) is 42.1 Å². The molecule has 9 heteroatoms. The number of aliphatic hydroxyl groups excluding tert-OH is 1. The van der Waals surface area contributed by atoms with Crippen LogP contribution in [0.15, 0.2) is 37.8 Å². The molecule has 0 aromatic heterocycles. The van der Waals surface area contributed by atoms with Crippen LogP contribution in [0.1, 0.15) is 32.3 Å². The first-order valence-electron chi connectivity index (χ1n) is 8.65. The largest absolute Gasteiger partial charge is 0.506 e. The van der Waals surface area contributed by atoms with Crippen LogP contribution in [-0.4, -0.2) is 35.4 Å². The first-order chi connectivity index (χ1) is 13.4. The maximum atomic E-state index is 12.3. The van der Waals surface area contributed by atoms with Gasteiger partial charge in [-0.1, -0.05) is 34.6 Å². The van der Waals surface area contributed by atoms with E-state index in [0.717, 1.165) is 16.2 Å². The fourth-order valence-corrected chi connectivity index (χ4v) is 4.02. The SMILES string of the molecule is CCCC(=O)N=C1S/C(=C\c2cc3c(cc2Br)OCO3)C(O)=C1C(=O)OCC. The van der Waals surface area contributed by atoms with Gasteiger partial charge in [0.15, 0.2) is 11.5 Å². The molecule has 1 amide bonds. The molecule has 1 N–H and O–H groups in total. The Kier molecular flexibility index (Phi) is 6.46. The Morgan fingerprint density at radius 2 is 2.04 bits per heavy atom. The summed E-state index contributed by atoms with van der Waals surface area (Å²) in [5.41, 5.74) is 0.613.